The van der Waals surface area contributed by atoms with Gasteiger partial charge < -0.3 is 4.52 Å². The molecule has 0 radical (unpaired) electrons. The SMILES string of the molecule is Cc1csc(-c2nc(-c3ccc(C(F)(F)F)cc3)no2)c1. The van der Waals surface area contributed by atoms with Crippen molar-refractivity contribution in [2.24, 2.45) is 0 Å². The number of hydrogen-bond donors (Lipinski definition) is 0. The predicted molar refractivity (Wildman–Crippen MR) is 72.8 cm³/mol. The number of thiophene rings is 1. The van der Waals surface area contributed by atoms with Crippen LogP contribution in [0.15, 0.2) is 40.2 Å². The first-order valence-electron chi connectivity index (χ1n) is 6.00. The third kappa shape index (κ3) is 2.82. The predicted octanol–water partition coefficient (Wildman–Crippen LogP) is 4.79. The number of nitrogens with zero attached hydrogens (tertiary/aromatic N) is 2. The Kier molecular flexibility index (Phi) is 3.29. The molecule has 3 aromatic rings. The van der Waals surface area contributed by atoms with E-state index in [2.05, 4.69) is 10.1 Å². The van der Waals surface area contributed by atoms with Crippen molar-refractivity contribution in [1.82, 2.24) is 10.1 Å². The molecule has 0 aliphatic carbocycles. The third-order valence-electron chi connectivity index (χ3n) is 2.84. The van der Waals surface area contributed by atoms with E-state index in [0.29, 0.717) is 11.5 Å². The Labute approximate surface area is 122 Å². The van der Waals surface area contributed by atoms with Crippen molar-refractivity contribution in [1.29, 1.82) is 0 Å². The van der Waals surface area contributed by atoms with Gasteiger partial charge in [0.2, 0.25) is 5.82 Å². The van der Waals surface area contributed by atoms with Crippen LogP contribution in [0.25, 0.3) is 22.2 Å². The molecule has 0 saturated heterocycles. The van der Waals surface area contributed by atoms with Gasteiger partial charge in [0.15, 0.2) is 0 Å². The lowest BCUT2D eigenvalue weighted by Gasteiger charge is -2.05. The standard InChI is InChI=1S/C14H9F3N2OS/c1-8-6-11(21-7-8)13-18-12(19-20-13)9-2-4-10(5-3-9)14(15,16)17/h2-7H,1H3. The summed E-state index contributed by atoms with van der Waals surface area (Å²) in [6.07, 6.45) is -4.35. The number of halogens is 3. The molecule has 0 saturated carbocycles. The minimum absolute atomic E-state index is 0.268. The van der Waals surface area contributed by atoms with Gasteiger partial charge in [-0.15, -0.1) is 11.3 Å². The second-order valence-electron chi connectivity index (χ2n) is 4.49. The summed E-state index contributed by atoms with van der Waals surface area (Å²) >= 11 is 1.47. The molecule has 0 unspecified atom stereocenters. The molecular formula is C14H9F3N2OS. The molecule has 108 valence electrons. The Bertz CT molecular complexity index is 759. The lowest BCUT2D eigenvalue weighted by molar-refractivity contribution is -0.137. The van der Waals surface area contributed by atoms with E-state index >= 15 is 0 Å². The molecule has 3 rings (SSSR count). The van der Waals surface area contributed by atoms with E-state index in [4.69, 9.17) is 4.52 Å². The van der Waals surface area contributed by atoms with Crippen molar-refractivity contribution < 1.29 is 17.7 Å². The first-order valence-corrected chi connectivity index (χ1v) is 6.88. The Morgan fingerprint density at radius 1 is 1.14 bits per heavy atom. The summed E-state index contributed by atoms with van der Waals surface area (Å²) in [6, 6.07) is 6.57. The van der Waals surface area contributed by atoms with Crippen molar-refractivity contribution in [3.63, 3.8) is 0 Å². The van der Waals surface area contributed by atoms with E-state index in [0.717, 1.165) is 22.6 Å². The Hall–Kier alpha value is -2.15. The van der Waals surface area contributed by atoms with Crippen LogP contribution >= 0.6 is 11.3 Å². The minimum Gasteiger partial charge on any atom is -0.333 e. The van der Waals surface area contributed by atoms with Crippen molar-refractivity contribution in [2.75, 3.05) is 0 Å². The maximum atomic E-state index is 12.5. The summed E-state index contributed by atoms with van der Waals surface area (Å²) in [7, 11) is 0. The van der Waals surface area contributed by atoms with Gasteiger partial charge in [-0.2, -0.15) is 18.2 Å². The Morgan fingerprint density at radius 3 is 2.43 bits per heavy atom. The largest absolute Gasteiger partial charge is 0.416 e. The molecule has 0 fully saturated rings. The normalized spacial score (nSPS) is 11.8. The maximum Gasteiger partial charge on any atom is 0.416 e. The number of aryl methyl sites for hydroxylation is 1. The molecule has 0 amide bonds. The number of hydrogen-bond acceptors (Lipinski definition) is 4. The van der Waals surface area contributed by atoms with Crippen molar-refractivity contribution in [3.05, 3.63) is 46.8 Å². The molecule has 2 heterocycles. The van der Waals surface area contributed by atoms with Gasteiger partial charge in [-0.05, 0) is 36.1 Å². The second-order valence-corrected chi connectivity index (χ2v) is 5.40. The van der Waals surface area contributed by atoms with Gasteiger partial charge in [-0.3, -0.25) is 0 Å². The van der Waals surface area contributed by atoms with E-state index in [9.17, 15) is 13.2 Å². The fourth-order valence-electron chi connectivity index (χ4n) is 1.79. The molecule has 0 atom stereocenters. The second kappa shape index (κ2) is 5.00. The fraction of sp³-hybridized carbons (Fsp3) is 0.143. The summed E-state index contributed by atoms with van der Waals surface area (Å²) in [5.74, 6) is 0.632. The molecular weight excluding hydrogens is 301 g/mol. The zero-order chi connectivity index (χ0) is 15.0. The van der Waals surface area contributed by atoms with Crippen LogP contribution in [0.4, 0.5) is 13.2 Å². The van der Waals surface area contributed by atoms with Crippen LogP contribution in [-0.4, -0.2) is 10.1 Å². The van der Waals surface area contributed by atoms with E-state index in [1.54, 1.807) is 0 Å². The molecule has 1 aromatic carbocycles. The lowest BCUT2D eigenvalue weighted by atomic mass is 10.1. The average Bonchev–Trinajstić information content (AvgIpc) is 3.06. The number of aromatic nitrogens is 2. The monoisotopic (exact) mass is 310 g/mol. The van der Waals surface area contributed by atoms with Crippen LogP contribution in [0.1, 0.15) is 11.1 Å². The zero-order valence-corrected chi connectivity index (χ0v) is 11.6. The molecule has 0 aliphatic rings. The summed E-state index contributed by atoms with van der Waals surface area (Å²) in [4.78, 5) is 5.04. The first-order chi connectivity index (χ1) is 9.93. The van der Waals surface area contributed by atoms with Gasteiger partial charge in [0.1, 0.15) is 0 Å². The van der Waals surface area contributed by atoms with Gasteiger partial charge in [0.25, 0.3) is 5.89 Å². The summed E-state index contributed by atoms with van der Waals surface area (Å²) in [5, 5.41) is 5.76. The average molecular weight is 310 g/mol. The number of alkyl halides is 3. The lowest BCUT2D eigenvalue weighted by Crippen LogP contribution is -2.04. The van der Waals surface area contributed by atoms with Crippen molar-refractivity contribution in [3.8, 4) is 22.2 Å². The van der Waals surface area contributed by atoms with Gasteiger partial charge >= 0.3 is 6.18 Å². The highest BCUT2D eigenvalue weighted by molar-refractivity contribution is 7.13. The van der Waals surface area contributed by atoms with Crippen LogP contribution in [0.5, 0.6) is 0 Å². The van der Waals surface area contributed by atoms with E-state index in [1.165, 1.54) is 23.5 Å². The minimum atomic E-state index is -4.35. The molecule has 7 heteroatoms. The highest BCUT2D eigenvalue weighted by Crippen LogP contribution is 2.31. The van der Waals surface area contributed by atoms with Crippen LogP contribution in [0.2, 0.25) is 0 Å². The molecule has 21 heavy (non-hydrogen) atoms. The molecule has 2 aromatic heterocycles. The van der Waals surface area contributed by atoms with Crippen molar-refractivity contribution in [2.45, 2.75) is 13.1 Å². The summed E-state index contributed by atoms with van der Waals surface area (Å²) in [6.45, 7) is 1.95. The quantitative estimate of drug-likeness (QED) is 0.683. The Morgan fingerprint density at radius 2 is 1.86 bits per heavy atom. The van der Waals surface area contributed by atoms with Crippen LogP contribution in [-0.2, 0) is 6.18 Å². The highest BCUT2D eigenvalue weighted by atomic mass is 32.1. The van der Waals surface area contributed by atoms with Gasteiger partial charge in [-0.1, -0.05) is 17.3 Å². The van der Waals surface area contributed by atoms with Crippen LogP contribution < -0.4 is 0 Å². The van der Waals surface area contributed by atoms with Gasteiger partial charge in [0, 0.05) is 5.56 Å². The van der Waals surface area contributed by atoms with E-state index in [-0.39, 0.29) is 5.82 Å². The van der Waals surface area contributed by atoms with E-state index < -0.39 is 11.7 Å². The van der Waals surface area contributed by atoms with Gasteiger partial charge in [-0.25, -0.2) is 0 Å². The molecule has 0 aliphatic heterocycles. The molecule has 0 spiro atoms. The van der Waals surface area contributed by atoms with E-state index in [1.807, 2.05) is 18.4 Å². The molecule has 0 bridgehead atoms. The topological polar surface area (TPSA) is 38.9 Å². The fourth-order valence-corrected chi connectivity index (χ4v) is 2.61. The Balaban J connectivity index is 1.90. The highest BCUT2D eigenvalue weighted by Gasteiger charge is 2.30. The number of rotatable bonds is 2. The van der Waals surface area contributed by atoms with Crippen molar-refractivity contribution >= 4 is 11.3 Å². The van der Waals surface area contributed by atoms with Crippen LogP contribution in [0.3, 0.4) is 0 Å². The third-order valence-corrected chi connectivity index (χ3v) is 3.87. The molecule has 3 nitrogen and oxygen atoms in total. The smallest absolute Gasteiger partial charge is 0.333 e. The first kappa shape index (κ1) is 13.8. The molecule has 0 N–H and O–H groups in total. The zero-order valence-electron chi connectivity index (χ0n) is 10.8. The summed E-state index contributed by atoms with van der Waals surface area (Å²) < 4.78 is 42.6. The number of benzene rings is 1. The van der Waals surface area contributed by atoms with Gasteiger partial charge in [0.05, 0.1) is 10.4 Å². The summed E-state index contributed by atoms with van der Waals surface area (Å²) in [5.41, 5.74) is 0.861. The maximum absolute atomic E-state index is 12.5. The van der Waals surface area contributed by atoms with Crippen LogP contribution in [0, 0.1) is 6.92 Å².